The highest BCUT2D eigenvalue weighted by Gasteiger charge is 2.46. The average Bonchev–Trinajstić information content (AvgIpc) is 3.60. The second-order valence-electron chi connectivity index (χ2n) is 11.5. The van der Waals surface area contributed by atoms with Crippen molar-refractivity contribution in [2.24, 2.45) is 0 Å². The maximum absolute atomic E-state index is 14.2. The van der Waals surface area contributed by atoms with Crippen molar-refractivity contribution in [3.63, 3.8) is 0 Å². The molecule has 4 atom stereocenters. The third kappa shape index (κ3) is 6.08. The van der Waals surface area contributed by atoms with Crippen LogP contribution in [0.2, 0.25) is 0 Å². The third-order valence-electron chi connectivity index (χ3n) is 8.84. The van der Waals surface area contributed by atoms with Gasteiger partial charge in [-0.15, -0.1) is 11.3 Å². The first-order valence-electron chi connectivity index (χ1n) is 14.5. The van der Waals surface area contributed by atoms with Crippen molar-refractivity contribution < 1.29 is 33.1 Å². The Morgan fingerprint density at radius 3 is 2.58 bits per heavy atom. The van der Waals surface area contributed by atoms with Gasteiger partial charge in [-0.05, 0) is 80.2 Å². The lowest BCUT2D eigenvalue weighted by Gasteiger charge is -2.37. The van der Waals surface area contributed by atoms with Gasteiger partial charge in [0.1, 0.15) is 18.4 Å². The lowest BCUT2D eigenvalue weighted by Crippen LogP contribution is -2.55. The summed E-state index contributed by atoms with van der Waals surface area (Å²) in [4.78, 5) is 71.4. The number of likely N-dealkylation sites (tertiary alicyclic amines) is 1. The summed E-state index contributed by atoms with van der Waals surface area (Å²) >= 11 is 1.15. The molecule has 43 heavy (non-hydrogen) atoms. The van der Waals surface area contributed by atoms with Crippen LogP contribution in [0.15, 0.2) is 42.9 Å². The van der Waals surface area contributed by atoms with Crippen LogP contribution >= 0.6 is 18.9 Å². The van der Waals surface area contributed by atoms with Crippen LogP contribution in [-0.2, 0) is 14.2 Å². The molecule has 3 aliphatic rings. The summed E-state index contributed by atoms with van der Waals surface area (Å²) in [6.07, 6.45) is 8.19. The van der Waals surface area contributed by atoms with E-state index >= 15 is 0 Å². The molecule has 0 radical (unpaired) electrons. The summed E-state index contributed by atoms with van der Waals surface area (Å²) in [6.45, 7) is 1.20. The van der Waals surface area contributed by atoms with E-state index in [9.17, 15) is 33.1 Å². The van der Waals surface area contributed by atoms with E-state index in [0.717, 1.165) is 49.1 Å². The Balaban J connectivity index is 1.13. The number of hydrogen-bond acceptors (Lipinski definition) is 7. The molecular weight excluding hydrogens is 596 g/mol. The summed E-state index contributed by atoms with van der Waals surface area (Å²) in [7, 11) is -4.97. The Morgan fingerprint density at radius 1 is 1.07 bits per heavy atom. The van der Waals surface area contributed by atoms with E-state index < -0.39 is 31.5 Å². The molecule has 3 aliphatic heterocycles. The number of fused-ring (bicyclic) bond motifs is 2. The largest absolute Gasteiger partial charge is 0.363 e. The molecule has 0 bridgehead atoms. The van der Waals surface area contributed by atoms with Crippen molar-refractivity contribution >= 4 is 46.7 Å². The van der Waals surface area contributed by atoms with Gasteiger partial charge in [0.05, 0.1) is 4.88 Å². The molecule has 1 aromatic carbocycles. The van der Waals surface area contributed by atoms with Crippen molar-refractivity contribution in [2.75, 3.05) is 13.1 Å². The Morgan fingerprint density at radius 2 is 1.86 bits per heavy atom. The third-order valence-corrected chi connectivity index (χ3v) is 10.8. The molecule has 0 spiro atoms. The maximum atomic E-state index is 14.2. The first-order valence-corrected chi connectivity index (χ1v) is 17.0. The van der Waals surface area contributed by atoms with Crippen LogP contribution in [0.4, 0.5) is 4.39 Å². The fourth-order valence-electron chi connectivity index (χ4n) is 6.63. The number of piperidine rings is 1. The first kappa shape index (κ1) is 29.8. The van der Waals surface area contributed by atoms with E-state index in [4.69, 9.17) is 0 Å². The predicted molar refractivity (Wildman–Crippen MR) is 157 cm³/mol. The standard InChI is InChI=1S/C29H33FN5O6PS/c30-26(42(39,40)41)18-4-7-24-19(14-18)15-25(43-24)27(36)33-22-3-1-2-20-5-6-23(35(20)28(22)37)29(38)34-12-9-17(10-13-34)21-8-11-31-16-32-21/h4,7-8,11,14-17,20,22-23,26H,1-3,5-6,9-10,12-13H2,(H,33,36)(H2,39,40,41)/t20-,22-,23-,26?/m0/s1. The Kier molecular flexibility index (Phi) is 8.34. The number of carbonyl (C=O) groups is 3. The molecule has 11 nitrogen and oxygen atoms in total. The zero-order chi connectivity index (χ0) is 30.3. The van der Waals surface area contributed by atoms with E-state index in [1.807, 2.05) is 11.0 Å². The molecule has 6 rings (SSSR count). The van der Waals surface area contributed by atoms with E-state index in [0.29, 0.717) is 40.9 Å². The predicted octanol–water partition coefficient (Wildman–Crippen LogP) is 3.89. The van der Waals surface area contributed by atoms with Crippen LogP contribution in [0, 0.1) is 0 Å². The molecule has 3 aromatic rings. The van der Waals surface area contributed by atoms with E-state index in [1.165, 1.54) is 24.3 Å². The topological polar surface area (TPSA) is 153 Å². The quantitative estimate of drug-likeness (QED) is 0.348. The Hall–Kier alpha value is -3.25. The number of hydrogen-bond donors (Lipinski definition) is 3. The second-order valence-corrected chi connectivity index (χ2v) is 14.2. The lowest BCUT2D eigenvalue weighted by atomic mass is 9.93. The molecule has 0 saturated carbocycles. The molecule has 228 valence electrons. The summed E-state index contributed by atoms with van der Waals surface area (Å²) in [5, 5.41) is 3.34. The second kappa shape index (κ2) is 12.0. The minimum Gasteiger partial charge on any atom is -0.341 e. The summed E-state index contributed by atoms with van der Waals surface area (Å²) in [5.74, 6) is -2.92. The highest BCUT2D eigenvalue weighted by atomic mass is 32.1. The lowest BCUT2D eigenvalue weighted by molar-refractivity contribution is -0.146. The van der Waals surface area contributed by atoms with Crippen molar-refractivity contribution in [3.8, 4) is 0 Å². The molecule has 3 fully saturated rings. The molecule has 14 heteroatoms. The van der Waals surface area contributed by atoms with Gasteiger partial charge in [0.15, 0.2) is 0 Å². The summed E-state index contributed by atoms with van der Waals surface area (Å²) in [5.41, 5.74) is 0.815. The van der Waals surface area contributed by atoms with Gasteiger partial charge in [-0.3, -0.25) is 18.9 Å². The van der Waals surface area contributed by atoms with Crippen molar-refractivity contribution in [1.29, 1.82) is 0 Å². The van der Waals surface area contributed by atoms with Crippen LogP contribution in [-0.4, -0.2) is 78.5 Å². The number of alkyl halides is 1. The summed E-state index contributed by atoms with van der Waals surface area (Å²) < 4.78 is 26.2. The van der Waals surface area contributed by atoms with Gasteiger partial charge >= 0.3 is 7.60 Å². The van der Waals surface area contributed by atoms with Crippen LogP contribution in [0.3, 0.4) is 0 Å². The Labute approximate surface area is 251 Å². The number of rotatable bonds is 6. The van der Waals surface area contributed by atoms with Crippen LogP contribution in [0.1, 0.15) is 77.7 Å². The fraction of sp³-hybridized carbons (Fsp3) is 0.483. The average molecular weight is 630 g/mol. The molecule has 5 heterocycles. The van der Waals surface area contributed by atoms with Crippen LogP contribution in [0.25, 0.3) is 10.1 Å². The van der Waals surface area contributed by atoms with E-state index in [1.54, 1.807) is 17.4 Å². The van der Waals surface area contributed by atoms with Crippen LogP contribution in [0.5, 0.6) is 0 Å². The molecule has 1 unspecified atom stereocenters. The van der Waals surface area contributed by atoms with Gasteiger partial charge in [0.2, 0.25) is 17.7 Å². The molecular formula is C29H33FN5O6PS. The van der Waals surface area contributed by atoms with E-state index in [2.05, 4.69) is 15.3 Å². The van der Waals surface area contributed by atoms with Gasteiger partial charge in [0.25, 0.3) is 5.91 Å². The van der Waals surface area contributed by atoms with Crippen molar-refractivity contribution in [3.05, 3.63) is 59.0 Å². The highest BCUT2D eigenvalue weighted by molar-refractivity contribution is 7.51. The van der Waals surface area contributed by atoms with Gasteiger partial charge in [-0.1, -0.05) is 6.07 Å². The van der Waals surface area contributed by atoms with Crippen LogP contribution < -0.4 is 5.32 Å². The molecule has 3 amide bonds. The first-order chi connectivity index (χ1) is 20.6. The minimum absolute atomic E-state index is 0.0349. The van der Waals surface area contributed by atoms with Gasteiger partial charge in [-0.2, -0.15) is 0 Å². The Bertz CT molecular complexity index is 1580. The fourth-order valence-corrected chi connectivity index (χ4v) is 8.13. The highest BCUT2D eigenvalue weighted by Crippen LogP contribution is 2.53. The number of halogens is 1. The molecule has 3 N–H and O–H groups in total. The number of carbonyl (C=O) groups excluding carboxylic acids is 3. The van der Waals surface area contributed by atoms with Gasteiger partial charge in [-0.25, -0.2) is 14.4 Å². The number of benzene rings is 1. The number of aromatic nitrogens is 2. The number of amides is 3. The zero-order valence-corrected chi connectivity index (χ0v) is 25.1. The summed E-state index contributed by atoms with van der Waals surface area (Å²) in [6, 6.07) is 6.22. The molecule has 0 aliphatic carbocycles. The zero-order valence-electron chi connectivity index (χ0n) is 23.3. The van der Waals surface area contributed by atoms with Gasteiger partial charge in [0, 0.05) is 41.6 Å². The maximum Gasteiger partial charge on any atom is 0.363 e. The number of thiophene rings is 1. The number of nitrogens with one attached hydrogen (secondary N) is 1. The van der Waals surface area contributed by atoms with Gasteiger partial charge < -0.3 is 24.9 Å². The normalized spacial score (nSPS) is 24.1. The van der Waals surface area contributed by atoms with E-state index in [-0.39, 0.29) is 29.3 Å². The van der Waals surface area contributed by atoms with Crippen molar-refractivity contribution in [1.82, 2.24) is 25.1 Å². The smallest absolute Gasteiger partial charge is 0.341 e. The minimum atomic E-state index is -4.97. The molecule has 2 aromatic heterocycles. The monoisotopic (exact) mass is 629 g/mol. The van der Waals surface area contributed by atoms with Crippen molar-refractivity contribution in [2.45, 2.75) is 74.9 Å². The molecule has 3 saturated heterocycles. The SMILES string of the molecule is O=C(N[C@H]1CCC[C@H]2CC[C@@H](C(=O)N3CCC(c4ccncn4)CC3)N2C1=O)c1cc2cc(C(F)P(=O)(O)O)ccc2s1. The number of nitrogens with zero attached hydrogens (tertiary/aromatic N) is 4.